The number of hydrogen-bond donors (Lipinski definition) is 0. The number of fused-ring (bicyclic) bond motifs is 2. The van der Waals surface area contributed by atoms with Gasteiger partial charge in [0.05, 0.1) is 5.56 Å². The van der Waals surface area contributed by atoms with Gasteiger partial charge in [0.15, 0.2) is 5.78 Å². The SMILES string of the molecule is O=C(c1cc(F)ccc1F)C1CC2CCC(C1)S2. The minimum atomic E-state index is -0.605. The average molecular weight is 268 g/mol. The minimum absolute atomic E-state index is 0.0775. The molecule has 2 aliphatic heterocycles. The number of thioether (sulfide) groups is 1. The first kappa shape index (κ1) is 12.2. The molecule has 2 aliphatic rings. The zero-order valence-electron chi connectivity index (χ0n) is 9.86. The Morgan fingerprint density at radius 3 is 2.50 bits per heavy atom. The van der Waals surface area contributed by atoms with Gasteiger partial charge in [-0.25, -0.2) is 8.78 Å². The van der Waals surface area contributed by atoms with Crippen LogP contribution < -0.4 is 0 Å². The quantitative estimate of drug-likeness (QED) is 0.758. The van der Waals surface area contributed by atoms with E-state index in [4.69, 9.17) is 0 Å². The lowest BCUT2D eigenvalue weighted by atomic mass is 9.90. The summed E-state index contributed by atoms with van der Waals surface area (Å²) in [6, 6.07) is 3.11. The molecule has 2 bridgehead atoms. The van der Waals surface area contributed by atoms with Gasteiger partial charge in [-0.3, -0.25) is 4.79 Å². The van der Waals surface area contributed by atoms with Crippen LogP contribution in [-0.2, 0) is 0 Å². The van der Waals surface area contributed by atoms with Gasteiger partial charge in [0.2, 0.25) is 0 Å². The number of hydrogen-bond acceptors (Lipinski definition) is 2. The molecule has 2 heterocycles. The third kappa shape index (κ3) is 2.18. The summed E-state index contributed by atoms with van der Waals surface area (Å²) >= 11 is 1.96. The Balaban J connectivity index is 1.84. The molecule has 0 spiro atoms. The maximum Gasteiger partial charge on any atom is 0.169 e. The molecule has 3 rings (SSSR count). The normalized spacial score (nSPS) is 30.4. The predicted molar refractivity (Wildman–Crippen MR) is 67.8 cm³/mol. The van der Waals surface area contributed by atoms with Crippen LogP contribution in [0.25, 0.3) is 0 Å². The molecule has 1 aromatic rings. The van der Waals surface area contributed by atoms with Crippen LogP contribution in [0.15, 0.2) is 18.2 Å². The highest BCUT2D eigenvalue weighted by atomic mass is 32.2. The summed E-state index contributed by atoms with van der Waals surface area (Å²) < 4.78 is 26.7. The second kappa shape index (κ2) is 4.65. The Labute approximate surface area is 109 Å². The number of carbonyl (C=O) groups is 1. The molecule has 0 aromatic heterocycles. The Bertz CT molecular complexity index is 477. The van der Waals surface area contributed by atoms with E-state index >= 15 is 0 Å². The minimum Gasteiger partial charge on any atom is -0.294 e. The first-order valence-electron chi connectivity index (χ1n) is 6.28. The highest BCUT2D eigenvalue weighted by molar-refractivity contribution is 8.00. The van der Waals surface area contributed by atoms with Crippen molar-refractivity contribution in [2.75, 3.05) is 0 Å². The van der Waals surface area contributed by atoms with Crippen LogP contribution >= 0.6 is 11.8 Å². The molecule has 0 aliphatic carbocycles. The van der Waals surface area contributed by atoms with Crippen LogP contribution in [0, 0.1) is 17.6 Å². The zero-order chi connectivity index (χ0) is 12.7. The van der Waals surface area contributed by atoms with Gasteiger partial charge in [0.25, 0.3) is 0 Å². The van der Waals surface area contributed by atoms with E-state index in [0.29, 0.717) is 10.5 Å². The van der Waals surface area contributed by atoms with Crippen molar-refractivity contribution in [3.8, 4) is 0 Å². The molecule has 2 fully saturated rings. The maximum atomic E-state index is 13.6. The summed E-state index contributed by atoms with van der Waals surface area (Å²) in [4.78, 5) is 12.3. The molecule has 4 heteroatoms. The van der Waals surface area contributed by atoms with Crippen LogP contribution in [0.1, 0.15) is 36.0 Å². The standard InChI is InChI=1S/C14H14F2OS/c15-9-1-4-13(16)12(7-9)14(17)8-5-10-2-3-11(6-8)18-10/h1,4,7-8,10-11H,2-3,5-6H2. The van der Waals surface area contributed by atoms with Gasteiger partial charge in [-0.15, -0.1) is 0 Å². The summed E-state index contributed by atoms with van der Waals surface area (Å²) in [6.45, 7) is 0. The van der Waals surface area contributed by atoms with Crippen LogP contribution in [0.2, 0.25) is 0 Å². The van der Waals surface area contributed by atoms with Crippen molar-refractivity contribution in [2.24, 2.45) is 5.92 Å². The van der Waals surface area contributed by atoms with Gasteiger partial charge in [-0.2, -0.15) is 11.8 Å². The fraction of sp³-hybridized carbons (Fsp3) is 0.500. The van der Waals surface area contributed by atoms with Crippen LogP contribution in [-0.4, -0.2) is 16.3 Å². The van der Waals surface area contributed by atoms with Crippen LogP contribution in [0.3, 0.4) is 0 Å². The van der Waals surface area contributed by atoms with E-state index in [9.17, 15) is 13.6 Å². The molecule has 0 saturated carbocycles. The van der Waals surface area contributed by atoms with Crippen molar-refractivity contribution in [1.29, 1.82) is 0 Å². The second-order valence-electron chi connectivity index (χ2n) is 5.11. The number of carbonyl (C=O) groups excluding carboxylic acids is 1. The van der Waals surface area contributed by atoms with Gasteiger partial charge in [0, 0.05) is 16.4 Å². The number of rotatable bonds is 2. The van der Waals surface area contributed by atoms with Crippen LogP contribution in [0.4, 0.5) is 8.78 Å². The summed E-state index contributed by atoms with van der Waals surface area (Å²) in [7, 11) is 0. The molecule has 0 N–H and O–H groups in total. The maximum absolute atomic E-state index is 13.6. The van der Waals surface area contributed by atoms with Crippen molar-refractivity contribution in [2.45, 2.75) is 36.2 Å². The number of benzene rings is 1. The van der Waals surface area contributed by atoms with Gasteiger partial charge in [-0.05, 0) is 43.9 Å². The Kier molecular flexibility index (Phi) is 3.14. The lowest BCUT2D eigenvalue weighted by Crippen LogP contribution is -2.25. The fourth-order valence-electron chi connectivity index (χ4n) is 2.98. The topological polar surface area (TPSA) is 17.1 Å². The van der Waals surface area contributed by atoms with E-state index in [1.54, 1.807) is 0 Å². The van der Waals surface area contributed by atoms with Gasteiger partial charge < -0.3 is 0 Å². The molecule has 1 nitrogen and oxygen atoms in total. The third-order valence-corrected chi connectivity index (χ3v) is 5.48. The zero-order valence-corrected chi connectivity index (χ0v) is 10.7. The number of ketones is 1. The smallest absolute Gasteiger partial charge is 0.169 e. The molecule has 18 heavy (non-hydrogen) atoms. The summed E-state index contributed by atoms with van der Waals surface area (Å²) in [5.74, 6) is -1.50. The van der Waals surface area contributed by atoms with Crippen molar-refractivity contribution in [1.82, 2.24) is 0 Å². The molecule has 2 atom stereocenters. The highest BCUT2D eigenvalue weighted by Crippen LogP contribution is 2.46. The number of halogens is 2. The van der Waals surface area contributed by atoms with Crippen molar-refractivity contribution in [3.63, 3.8) is 0 Å². The van der Waals surface area contributed by atoms with Crippen molar-refractivity contribution >= 4 is 17.5 Å². The van der Waals surface area contributed by atoms with E-state index < -0.39 is 11.6 Å². The molecule has 0 amide bonds. The van der Waals surface area contributed by atoms with Gasteiger partial charge >= 0.3 is 0 Å². The van der Waals surface area contributed by atoms with Gasteiger partial charge in [0.1, 0.15) is 11.6 Å². The predicted octanol–water partition coefficient (Wildman–Crippen LogP) is 3.82. The van der Waals surface area contributed by atoms with Crippen LogP contribution in [0.5, 0.6) is 0 Å². The lowest BCUT2D eigenvalue weighted by molar-refractivity contribution is 0.0902. The summed E-state index contributed by atoms with van der Waals surface area (Å²) in [6.07, 6.45) is 3.95. The lowest BCUT2D eigenvalue weighted by Gasteiger charge is -2.26. The first-order chi connectivity index (χ1) is 8.63. The van der Waals surface area contributed by atoms with E-state index in [-0.39, 0.29) is 17.3 Å². The molecule has 96 valence electrons. The van der Waals surface area contributed by atoms with Crippen molar-refractivity contribution < 1.29 is 13.6 Å². The van der Waals surface area contributed by atoms with E-state index in [1.807, 2.05) is 11.8 Å². The summed E-state index contributed by atoms with van der Waals surface area (Å²) in [5, 5.41) is 1.07. The molecule has 2 unspecified atom stereocenters. The number of Topliss-reactive ketones (excluding diaryl/α,β-unsaturated/α-hetero) is 1. The molecular weight excluding hydrogens is 254 g/mol. The van der Waals surface area contributed by atoms with E-state index in [1.165, 1.54) is 0 Å². The first-order valence-corrected chi connectivity index (χ1v) is 7.22. The molecular formula is C14H14F2OS. The highest BCUT2D eigenvalue weighted by Gasteiger charge is 2.38. The molecule has 2 saturated heterocycles. The Morgan fingerprint density at radius 2 is 1.83 bits per heavy atom. The third-order valence-electron chi connectivity index (χ3n) is 3.85. The second-order valence-corrected chi connectivity index (χ2v) is 6.72. The van der Waals surface area contributed by atoms with E-state index in [2.05, 4.69) is 0 Å². The van der Waals surface area contributed by atoms with E-state index in [0.717, 1.165) is 43.9 Å². The largest absolute Gasteiger partial charge is 0.294 e. The molecule has 1 aromatic carbocycles. The summed E-state index contributed by atoms with van der Waals surface area (Å²) in [5.41, 5.74) is -0.0775. The van der Waals surface area contributed by atoms with Gasteiger partial charge in [-0.1, -0.05) is 0 Å². The van der Waals surface area contributed by atoms with Crippen molar-refractivity contribution in [3.05, 3.63) is 35.4 Å². The Hall–Kier alpha value is -0.900. The molecule has 0 radical (unpaired) electrons. The average Bonchev–Trinajstić information content (AvgIpc) is 2.70. The Morgan fingerprint density at radius 1 is 1.17 bits per heavy atom. The monoisotopic (exact) mass is 268 g/mol. The fourth-order valence-corrected chi connectivity index (χ4v) is 4.75.